The van der Waals surface area contributed by atoms with Crippen molar-refractivity contribution in [3.8, 4) is 5.75 Å². The number of carbonyl (C=O) groups excluding carboxylic acids is 3. The second-order valence-corrected chi connectivity index (χ2v) is 4.48. The van der Waals surface area contributed by atoms with E-state index >= 15 is 0 Å². The van der Waals surface area contributed by atoms with E-state index in [-0.39, 0.29) is 0 Å². The Bertz CT molecular complexity index is 543. The van der Waals surface area contributed by atoms with E-state index in [1.54, 1.807) is 24.3 Å². The zero-order valence-electron chi connectivity index (χ0n) is 10.6. The maximum Gasteiger partial charge on any atom is 0.278 e. The number of aldehydes is 1. The van der Waals surface area contributed by atoms with E-state index in [0.717, 1.165) is 0 Å². The number of nitrogens with one attached hydrogen (secondary N) is 2. The minimum atomic E-state index is -1.69. The van der Waals surface area contributed by atoms with Crippen LogP contribution in [0.15, 0.2) is 24.3 Å². The molecule has 0 saturated carbocycles. The maximum atomic E-state index is 12.1. The first-order chi connectivity index (χ1) is 8.97. The molecular formula is C13H14N2O4. The molecule has 6 nitrogen and oxygen atoms in total. The number of fused-ring (bicyclic) bond motifs is 1. The topological polar surface area (TPSA) is 84.5 Å². The van der Waals surface area contributed by atoms with E-state index in [4.69, 9.17) is 4.74 Å². The Morgan fingerprint density at radius 3 is 2.84 bits per heavy atom. The summed E-state index contributed by atoms with van der Waals surface area (Å²) in [6, 6.07) is 6.14. The summed E-state index contributed by atoms with van der Waals surface area (Å²) in [5.74, 6) is -0.806. The van der Waals surface area contributed by atoms with E-state index in [0.29, 0.717) is 17.7 Å². The fourth-order valence-corrected chi connectivity index (χ4v) is 1.69. The Morgan fingerprint density at radius 1 is 1.47 bits per heavy atom. The summed E-state index contributed by atoms with van der Waals surface area (Å²) >= 11 is 0. The lowest BCUT2D eigenvalue weighted by atomic mass is 10.0. The highest BCUT2D eigenvalue weighted by atomic mass is 16.5. The molecule has 2 atom stereocenters. The summed E-state index contributed by atoms with van der Waals surface area (Å²) in [4.78, 5) is 34.6. The molecule has 0 saturated heterocycles. The van der Waals surface area contributed by atoms with Crippen molar-refractivity contribution in [3.63, 3.8) is 0 Å². The second kappa shape index (κ2) is 4.72. The average Bonchev–Trinajstić information content (AvgIpc) is 2.39. The van der Waals surface area contributed by atoms with Gasteiger partial charge < -0.3 is 20.2 Å². The first kappa shape index (κ1) is 13.1. The number of hydrogen-bond donors (Lipinski definition) is 2. The Balaban J connectivity index is 2.27. The van der Waals surface area contributed by atoms with Crippen molar-refractivity contribution in [2.45, 2.75) is 25.5 Å². The predicted molar refractivity (Wildman–Crippen MR) is 67.8 cm³/mol. The third kappa shape index (κ3) is 2.29. The largest absolute Gasteiger partial charge is 0.466 e. The van der Waals surface area contributed by atoms with Crippen LogP contribution in [0, 0.1) is 0 Å². The summed E-state index contributed by atoms with van der Waals surface area (Å²) in [7, 11) is 0. The average molecular weight is 262 g/mol. The molecule has 0 fully saturated rings. The summed E-state index contributed by atoms with van der Waals surface area (Å²) in [6.07, 6.45) is 0.579. The SMILES string of the molecule is C[C@@H](C=O)NC(=O)C1(C)Oc2ccccc2NC1=O. The second-order valence-electron chi connectivity index (χ2n) is 4.48. The van der Waals surface area contributed by atoms with E-state index in [1.165, 1.54) is 13.8 Å². The molecule has 1 aliphatic rings. The smallest absolute Gasteiger partial charge is 0.278 e. The van der Waals surface area contributed by atoms with Crippen LogP contribution in [0.3, 0.4) is 0 Å². The fourth-order valence-electron chi connectivity index (χ4n) is 1.69. The van der Waals surface area contributed by atoms with Crippen molar-refractivity contribution in [2.75, 3.05) is 5.32 Å². The number of para-hydroxylation sites is 2. The highest BCUT2D eigenvalue weighted by Gasteiger charge is 2.47. The molecule has 1 aromatic rings. The molecule has 1 aromatic carbocycles. The van der Waals surface area contributed by atoms with Gasteiger partial charge in [-0.05, 0) is 26.0 Å². The number of benzene rings is 1. The molecule has 1 heterocycles. The molecule has 2 rings (SSSR count). The van der Waals surface area contributed by atoms with Crippen molar-refractivity contribution in [2.24, 2.45) is 0 Å². The first-order valence-electron chi connectivity index (χ1n) is 5.83. The molecule has 100 valence electrons. The number of ether oxygens (including phenoxy) is 1. The van der Waals surface area contributed by atoms with Gasteiger partial charge in [0.05, 0.1) is 11.7 Å². The zero-order valence-corrected chi connectivity index (χ0v) is 10.6. The number of amides is 2. The van der Waals surface area contributed by atoms with Crippen LogP contribution in [0.1, 0.15) is 13.8 Å². The van der Waals surface area contributed by atoms with Gasteiger partial charge in [0.1, 0.15) is 12.0 Å². The van der Waals surface area contributed by atoms with Crippen molar-refractivity contribution in [1.82, 2.24) is 5.32 Å². The van der Waals surface area contributed by atoms with Gasteiger partial charge in [0.15, 0.2) is 0 Å². The lowest BCUT2D eigenvalue weighted by Gasteiger charge is -2.33. The van der Waals surface area contributed by atoms with Crippen LogP contribution < -0.4 is 15.4 Å². The van der Waals surface area contributed by atoms with Crippen LogP contribution in [0.4, 0.5) is 5.69 Å². The standard InChI is InChI=1S/C13H14N2O4/c1-8(7-16)14-11(17)13(2)12(18)15-9-5-3-4-6-10(9)19-13/h3-8H,1-2H3,(H,14,17)(H,15,18)/t8-,13?/m0/s1. The van der Waals surface area contributed by atoms with Gasteiger partial charge in [0.2, 0.25) is 0 Å². The monoisotopic (exact) mass is 262 g/mol. The molecule has 1 unspecified atom stereocenters. The van der Waals surface area contributed by atoms with Crippen molar-refractivity contribution >= 4 is 23.8 Å². The highest BCUT2D eigenvalue weighted by Crippen LogP contribution is 2.33. The van der Waals surface area contributed by atoms with Crippen LogP contribution in [0.25, 0.3) is 0 Å². The first-order valence-corrected chi connectivity index (χ1v) is 5.83. The molecule has 0 radical (unpaired) electrons. The number of carbonyl (C=O) groups is 3. The zero-order chi connectivity index (χ0) is 14.0. The van der Waals surface area contributed by atoms with E-state index in [9.17, 15) is 14.4 Å². The van der Waals surface area contributed by atoms with Gasteiger partial charge in [-0.15, -0.1) is 0 Å². The molecule has 0 aliphatic carbocycles. The predicted octanol–water partition coefficient (Wildman–Crippen LogP) is 0.480. The molecule has 6 heteroatoms. The van der Waals surface area contributed by atoms with Crippen molar-refractivity contribution < 1.29 is 19.1 Å². The van der Waals surface area contributed by atoms with Crippen molar-refractivity contribution in [3.05, 3.63) is 24.3 Å². The number of rotatable bonds is 3. The van der Waals surface area contributed by atoms with Gasteiger partial charge in [-0.3, -0.25) is 9.59 Å². The van der Waals surface area contributed by atoms with Crippen LogP contribution >= 0.6 is 0 Å². The molecule has 1 aliphatic heterocycles. The lowest BCUT2D eigenvalue weighted by Crippen LogP contribution is -2.60. The van der Waals surface area contributed by atoms with Crippen LogP contribution in [-0.2, 0) is 14.4 Å². The molecule has 19 heavy (non-hydrogen) atoms. The molecule has 0 bridgehead atoms. The Kier molecular flexibility index (Phi) is 3.25. The minimum absolute atomic E-state index is 0.415. The summed E-state index contributed by atoms with van der Waals surface area (Å²) < 4.78 is 5.50. The molecule has 2 N–H and O–H groups in total. The van der Waals surface area contributed by atoms with E-state index in [2.05, 4.69) is 10.6 Å². The third-order valence-electron chi connectivity index (χ3n) is 2.88. The molecule has 0 spiro atoms. The van der Waals surface area contributed by atoms with Gasteiger partial charge in [0.25, 0.3) is 17.4 Å². The third-order valence-corrected chi connectivity index (χ3v) is 2.88. The molecule has 0 aromatic heterocycles. The Hall–Kier alpha value is -2.37. The van der Waals surface area contributed by atoms with Crippen LogP contribution in [-0.4, -0.2) is 29.7 Å². The Morgan fingerprint density at radius 2 is 2.16 bits per heavy atom. The van der Waals surface area contributed by atoms with Gasteiger partial charge in [0, 0.05) is 0 Å². The summed E-state index contributed by atoms with van der Waals surface area (Å²) in [6.45, 7) is 2.88. The quantitative estimate of drug-likeness (QED) is 0.613. The van der Waals surface area contributed by atoms with E-state index < -0.39 is 23.5 Å². The van der Waals surface area contributed by atoms with Gasteiger partial charge in [-0.1, -0.05) is 12.1 Å². The lowest BCUT2D eigenvalue weighted by molar-refractivity contribution is -0.147. The van der Waals surface area contributed by atoms with Gasteiger partial charge in [-0.25, -0.2) is 0 Å². The summed E-state index contributed by atoms with van der Waals surface area (Å²) in [5.41, 5.74) is -1.17. The number of anilines is 1. The highest BCUT2D eigenvalue weighted by molar-refractivity contribution is 6.15. The summed E-state index contributed by atoms with van der Waals surface area (Å²) in [5, 5.41) is 5.02. The van der Waals surface area contributed by atoms with Crippen LogP contribution in [0.2, 0.25) is 0 Å². The van der Waals surface area contributed by atoms with Gasteiger partial charge >= 0.3 is 0 Å². The van der Waals surface area contributed by atoms with Gasteiger partial charge in [-0.2, -0.15) is 0 Å². The van der Waals surface area contributed by atoms with E-state index in [1.807, 2.05) is 0 Å². The maximum absolute atomic E-state index is 12.1. The minimum Gasteiger partial charge on any atom is -0.466 e. The van der Waals surface area contributed by atoms with Crippen LogP contribution in [0.5, 0.6) is 5.75 Å². The Labute approximate surface area is 110 Å². The fraction of sp³-hybridized carbons (Fsp3) is 0.308. The molecular weight excluding hydrogens is 248 g/mol. The number of hydrogen-bond acceptors (Lipinski definition) is 4. The normalized spacial score (nSPS) is 22.5. The van der Waals surface area contributed by atoms with Crippen molar-refractivity contribution in [1.29, 1.82) is 0 Å². The molecule has 2 amide bonds.